The van der Waals surface area contributed by atoms with Gasteiger partial charge in [0.1, 0.15) is 0 Å². The number of benzene rings is 7. The fourth-order valence-electron chi connectivity index (χ4n) is 6.66. The highest BCUT2D eigenvalue weighted by molar-refractivity contribution is 6.32. The summed E-state index contributed by atoms with van der Waals surface area (Å²) in [5, 5.41) is 7.62. The second kappa shape index (κ2) is 10.1. The van der Waals surface area contributed by atoms with Crippen LogP contribution in [0.2, 0.25) is 0 Å². The number of aliphatic imine (C=N–C) groups is 1. The van der Waals surface area contributed by atoms with Gasteiger partial charge in [0.25, 0.3) is 0 Å². The number of aromatic nitrogens is 1. The number of hydrogen-bond acceptors (Lipinski definition) is 1. The third kappa shape index (κ3) is 4.06. The molecule has 204 valence electrons. The van der Waals surface area contributed by atoms with E-state index < -0.39 is 0 Å². The van der Waals surface area contributed by atoms with Gasteiger partial charge in [-0.1, -0.05) is 127 Å². The molecule has 0 atom stereocenters. The van der Waals surface area contributed by atoms with Gasteiger partial charge in [-0.3, -0.25) is 4.99 Å². The Hall–Kier alpha value is -5.47. The first-order valence-corrected chi connectivity index (χ1v) is 14.8. The van der Waals surface area contributed by atoms with E-state index in [1.165, 1.54) is 60.0 Å². The topological polar surface area (TPSA) is 17.3 Å². The summed E-state index contributed by atoms with van der Waals surface area (Å²) in [5.74, 6) is 0. The van der Waals surface area contributed by atoms with Crippen LogP contribution in [0.1, 0.15) is 18.1 Å². The lowest BCUT2D eigenvalue weighted by Gasteiger charge is -2.14. The van der Waals surface area contributed by atoms with E-state index in [1.54, 1.807) is 0 Å². The summed E-state index contributed by atoms with van der Waals surface area (Å²) in [6.07, 6.45) is 0. The van der Waals surface area contributed by atoms with Gasteiger partial charge in [-0.05, 0) is 70.5 Å². The number of rotatable bonds is 4. The van der Waals surface area contributed by atoms with E-state index in [1.807, 2.05) is 6.07 Å². The smallest absolute Gasteiger partial charge is 0.0683 e. The monoisotopic (exact) mass is 550 g/mol. The highest BCUT2D eigenvalue weighted by Gasteiger charge is 2.21. The molecule has 0 saturated heterocycles. The van der Waals surface area contributed by atoms with Gasteiger partial charge in [0, 0.05) is 27.6 Å². The van der Waals surface area contributed by atoms with Gasteiger partial charge < -0.3 is 4.57 Å². The van der Waals surface area contributed by atoms with Gasteiger partial charge >= 0.3 is 0 Å². The molecule has 0 unspecified atom stereocenters. The van der Waals surface area contributed by atoms with Crippen molar-refractivity contribution in [1.29, 1.82) is 0 Å². The number of nitrogens with zero attached hydrogens (tertiary/aromatic N) is 2. The number of aryl methyl sites for hydroxylation is 1. The van der Waals surface area contributed by atoms with Crippen LogP contribution in [0.3, 0.4) is 0 Å². The lowest BCUT2D eigenvalue weighted by molar-refractivity contribution is 1.17. The van der Waals surface area contributed by atoms with Crippen LogP contribution < -0.4 is 0 Å². The van der Waals surface area contributed by atoms with Crippen molar-refractivity contribution < 1.29 is 0 Å². The molecule has 8 aromatic rings. The van der Waals surface area contributed by atoms with Gasteiger partial charge in [-0.2, -0.15) is 0 Å². The van der Waals surface area contributed by atoms with Gasteiger partial charge in [-0.25, -0.2) is 0 Å². The molecule has 7 aromatic carbocycles. The minimum atomic E-state index is 0.993. The molecule has 0 spiro atoms. The summed E-state index contributed by atoms with van der Waals surface area (Å²) in [4.78, 5) is 5.17. The summed E-state index contributed by atoms with van der Waals surface area (Å²) in [5.41, 5.74) is 10.3. The van der Waals surface area contributed by atoms with Crippen molar-refractivity contribution in [2.45, 2.75) is 13.8 Å². The third-order valence-electron chi connectivity index (χ3n) is 8.74. The van der Waals surface area contributed by atoms with Crippen LogP contribution >= 0.6 is 0 Å². The van der Waals surface area contributed by atoms with E-state index in [2.05, 4.69) is 158 Å². The fraction of sp³-hybridized carbons (Fsp3) is 0.0488. The SMILES string of the molecule is CC(=Nc1ccc2c3c4ccccc4c4ccccc4c3n(-c3ccc(-c4ccccc4)cc3)c2c1C)c1ccccc1. The maximum atomic E-state index is 5.17. The fourth-order valence-corrected chi connectivity index (χ4v) is 6.66. The summed E-state index contributed by atoms with van der Waals surface area (Å²) >= 11 is 0. The van der Waals surface area contributed by atoms with Crippen molar-refractivity contribution >= 4 is 54.7 Å². The molecule has 0 fully saturated rings. The maximum absolute atomic E-state index is 5.17. The summed E-state index contributed by atoms with van der Waals surface area (Å²) < 4.78 is 2.47. The maximum Gasteiger partial charge on any atom is 0.0683 e. The van der Waals surface area contributed by atoms with Crippen molar-refractivity contribution in [1.82, 2.24) is 4.57 Å². The van der Waals surface area contributed by atoms with Crippen LogP contribution in [0.25, 0.3) is 60.2 Å². The van der Waals surface area contributed by atoms with Gasteiger partial charge in [0.15, 0.2) is 0 Å². The average molecular weight is 551 g/mol. The molecule has 1 aromatic heterocycles. The van der Waals surface area contributed by atoms with Crippen molar-refractivity contribution in [2.75, 3.05) is 0 Å². The minimum Gasteiger partial charge on any atom is -0.308 e. The largest absolute Gasteiger partial charge is 0.308 e. The van der Waals surface area contributed by atoms with Crippen molar-refractivity contribution in [3.8, 4) is 16.8 Å². The second-order valence-corrected chi connectivity index (χ2v) is 11.2. The first-order valence-electron chi connectivity index (χ1n) is 14.8. The normalized spacial score (nSPS) is 12.1. The molecule has 0 N–H and O–H groups in total. The quantitative estimate of drug-likeness (QED) is 0.153. The first kappa shape index (κ1) is 25.3. The predicted octanol–water partition coefficient (Wildman–Crippen LogP) is 11.2. The number of hydrogen-bond donors (Lipinski definition) is 0. The van der Waals surface area contributed by atoms with Crippen molar-refractivity contribution in [3.05, 3.63) is 157 Å². The lowest BCUT2D eigenvalue weighted by atomic mass is 9.96. The van der Waals surface area contributed by atoms with Crippen LogP contribution in [-0.4, -0.2) is 10.3 Å². The average Bonchev–Trinajstić information content (AvgIpc) is 3.43. The molecule has 0 saturated carbocycles. The zero-order valence-corrected chi connectivity index (χ0v) is 24.3. The minimum absolute atomic E-state index is 0.993. The lowest BCUT2D eigenvalue weighted by Crippen LogP contribution is -1.97. The molecule has 1 heterocycles. The highest BCUT2D eigenvalue weighted by Crippen LogP contribution is 2.44. The molecule has 0 radical (unpaired) electrons. The van der Waals surface area contributed by atoms with Crippen LogP contribution in [0.4, 0.5) is 5.69 Å². The Bertz CT molecular complexity index is 2320. The summed E-state index contributed by atoms with van der Waals surface area (Å²) in [7, 11) is 0. The Morgan fingerprint density at radius 3 is 1.74 bits per heavy atom. The molecule has 8 rings (SSSR count). The van der Waals surface area contributed by atoms with Crippen LogP contribution in [0, 0.1) is 6.92 Å². The second-order valence-electron chi connectivity index (χ2n) is 11.2. The van der Waals surface area contributed by atoms with E-state index in [9.17, 15) is 0 Å². The Balaban J connectivity index is 1.49. The molecule has 0 amide bonds. The Morgan fingerprint density at radius 2 is 1.05 bits per heavy atom. The zero-order valence-electron chi connectivity index (χ0n) is 24.3. The highest BCUT2D eigenvalue weighted by atomic mass is 15.0. The van der Waals surface area contributed by atoms with Gasteiger partial charge in [0.05, 0.1) is 16.7 Å². The molecule has 43 heavy (non-hydrogen) atoms. The molecule has 2 nitrogen and oxygen atoms in total. The molecular weight excluding hydrogens is 520 g/mol. The van der Waals surface area contributed by atoms with Crippen LogP contribution in [-0.2, 0) is 0 Å². The zero-order chi connectivity index (χ0) is 28.9. The Labute approximate surface area is 251 Å². The Kier molecular flexibility index (Phi) is 5.94. The molecular formula is C41H30N2. The Morgan fingerprint density at radius 1 is 0.488 bits per heavy atom. The van der Waals surface area contributed by atoms with Crippen LogP contribution in [0.15, 0.2) is 151 Å². The first-order chi connectivity index (χ1) is 21.2. The van der Waals surface area contributed by atoms with Gasteiger partial charge in [-0.15, -0.1) is 0 Å². The standard InChI is InChI=1S/C41H30N2/c1-27-38(42-28(2)29-13-5-3-6-14-29)26-25-37-39-35-19-11-9-17-33(35)34-18-10-12-20-36(34)41(39)43(40(27)37)32-23-21-31(22-24-32)30-15-7-4-8-16-30/h3-26H,1-2H3. The molecule has 0 aliphatic heterocycles. The van der Waals surface area contributed by atoms with E-state index in [0.717, 1.165) is 22.6 Å². The van der Waals surface area contributed by atoms with Crippen molar-refractivity contribution in [2.24, 2.45) is 4.99 Å². The van der Waals surface area contributed by atoms with Crippen molar-refractivity contribution in [3.63, 3.8) is 0 Å². The third-order valence-corrected chi connectivity index (χ3v) is 8.74. The molecule has 0 aliphatic carbocycles. The van der Waals surface area contributed by atoms with E-state index >= 15 is 0 Å². The van der Waals surface area contributed by atoms with Gasteiger partial charge in [0.2, 0.25) is 0 Å². The van der Waals surface area contributed by atoms with E-state index in [0.29, 0.717) is 0 Å². The molecule has 0 aliphatic rings. The molecule has 2 heteroatoms. The molecule has 0 bridgehead atoms. The summed E-state index contributed by atoms with van der Waals surface area (Å²) in [6, 6.07) is 52.1. The van der Waals surface area contributed by atoms with E-state index in [4.69, 9.17) is 4.99 Å². The van der Waals surface area contributed by atoms with Crippen LogP contribution in [0.5, 0.6) is 0 Å². The number of fused-ring (bicyclic) bond motifs is 8. The predicted molar refractivity (Wildman–Crippen MR) is 184 cm³/mol. The summed E-state index contributed by atoms with van der Waals surface area (Å²) in [6.45, 7) is 4.31. The van der Waals surface area contributed by atoms with E-state index in [-0.39, 0.29) is 0 Å².